The number of hydrogen-bond acceptors (Lipinski definition) is 3. The molecule has 0 unspecified atom stereocenters. The summed E-state index contributed by atoms with van der Waals surface area (Å²) in [7, 11) is 1.76. The fraction of sp³-hybridized carbons (Fsp3) is 0.429. The van der Waals surface area contributed by atoms with Gasteiger partial charge in [0, 0.05) is 25.2 Å². The zero-order valence-corrected chi connectivity index (χ0v) is 8.65. The van der Waals surface area contributed by atoms with Gasteiger partial charge >= 0.3 is 5.97 Å². The number of hydrogen-bond donors (Lipinski definition) is 2. The van der Waals surface area contributed by atoms with E-state index >= 15 is 0 Å². The highest BCUT2D eigenvalue weighted by Gasteiger charge is 2.15. The molecule has 0 spiro atoms. The van der Waals surface area contributed by atoms with Gasteiger partial charge in [0.25, 0.3) is 0 Å². The Balaban J connectivity index is 2.74. The number of rotatable bonds is 3. The Morgan fingerprint density at radius 1 is 1.92 bits per heavy atom. The van der Waals surface area contributed by atoms with Crippen LogP contribution in [0.3, 0.4) is 0 Å². The molecule has 6 heteroatoms. The quantitative estimate of drug-likeness (QED) is 0.797. The van der Waals surface area contributed by atoms with Gasteiger partial charge in [-0.2, -0.15) is 5.10 Å². The Hall–Kier alpha value is -0.880. The number of carboxylic acid groups (broad SMARTS) is 1. The van der Waals surface area contributed by atoms with Gasteiger partial charge in [-0.3, -0.25) is 9.48 Å². The summed E-state index contributed by atoms with van der Waals surface area (Å²) in [5.74, 6) is -1.00. The van der Waals surface area contributed by atoms with Gasteiger partial charge in [-0.1, -0.05) is 0 Å². The first-order chi connectivity index (χ1) is 6.00. The third-order valence-electron chi connectivity index (χ3n) is 1.61. The number of aromatic nitrogens is 2. The van der Waals surface area contributed by atoms with Gasteiger partial charge in [0.05, 0.1) is 0 Å². The molecule has 13 heavy (non-hydrogen) atoms. The summed E-state index contributed by atoms with van der Waals surface area (Å²) in [6.07, 6.45) is 2.02. The predicted octanol–water partition coefficient (Wildman–Crippen LogP) is 0.137. The first-order valence-electron chi connectivity index (χ1n) is 3.67. The zero-order valence-electron chi connectivity index (χ0n) is 7.07. The molecule has 0 aliphatic carbocycles. The van der Waals surface area contributed by atoms with Crippen LogP contribution >= 0.6 is 15.9 Å². The van der Waals surface area contributed by atoms with Crippen LogP contribution in [0, 0.1) is 0 Å². The molecule has 0 fully saturated rings. The number of aliphatic carboxylic acids is 1. The van der Waals surface area contributed by atoms with E-state index in [4.69, 9.17) is 10.8 Å². The summed E-state index contributed by atoms with van der Waals surface area (Å²) < 4.78 is 2.25. The molecular weight excluding hydrogens is 238 g/mol. The summed E-state index contributed by atoms with van der Waals surface area (Å²) in [6, 6.07) is -0.875. The molecular formula is C7H10BrN3O2. The van der Waals surface area contributed by atoms with E-state index in [0.29, 0.717) is 4.60 Å². The lowest BCUT2D eigenvalue weighted by Gasteiger charge is -2.03. The normalized spacial score (nSPS) is 12.8. The van der Waals surface area contributed by atoms with E-state index in [1.54, 1.807) is 17.9 Å². The van der Waals surface area contributed by atoms with Crippen molar-refractivity contribution in [1.29, 1.82) is 0 Å². The number of aryl methyl sites for hydroxylation is 1. The van der Waals surface area contributed by atoms with Gasteiger partial charge in [0.2, 0.25) is 0 Å². The number of halogens is 1. The highest BCUT2D eigenvalue weighted by atomic mass is 79.9. The van der Waals surface area contributed by atoms with Crippen molar-refractivity contribution in [2.75, 3.05) is 0 Å². The van der Waals surface area contributed by atoms with Gasteiger partial charge in [-0.05, 0) is 15.9 Å². The Morgan fingerprint density at radius 2 is 2.54 bits per heavy atom. The number of carboxylic acids is 1. The molecule has 1 rings (SSSR count). The average Bonchev–Trinajstić information content (AvgIpc) is 2.30. The van der Waals surface area contributed by atoms with E-state index in [1.165, 1.54) is 0 Å². The van der Waals surface area contributed by atoms with Crippen molar-refractivity contribution in [2.24, 2.45) is 12.8 Å². The molecule has 5 nitrogen and oxygen atoms in total. The van der Waals surface area contributed by atoms with E-state index in [1.807, 2.05) is 0 Å². The molecule has 3 N–H and O–H groups in total. The first-order valence-corrected chi connectivity index (χ1v) is 4.46. The summed E-state index contributed by atoms with van der Waals surface area (Å²) in [4.78, 5) is 10.5. The molecule has 1 heterocycles. The number of nitrogens with two attached hydrogens (primary N) is 1. The highest BCUT2D eigenvalue weighted by molar-refractivity contribution is 9.10. The zero-order chi connectivity index (χ0) is 10.0. The van der Waals surface area contributed by atoms with Crippen molar-refractivity contribution < 1.29 is 9.90 Å². The molecule has 0 aromatic carbocycles. The van der Waals surface area contributed by atoms with Crippen molar-refractivity contribution in [3.05, 3.63) is 16.4 Å². The van der Waals surface area contributed by atoms with Gasteiger partial charge in [-0.15, -0.1) is 0 Å². The van der Waals surface area contributed by atoms with E-state index in [0.717, 1.165) is 5.56 Å². The number of carbonyl (C=O) groups is 1. The van der Waals surface area contributed by atoms with Crippen LogP contribution in [0.25, 0.3) is 0 Å². The Labute approximate surface area is 83.7 Å². The van der Waals surface area contributed by atoms with Gasteiger partial charge in [0.15, 0.2) is 0 Å². The van der Waals surface area contributed by atoms with Crippen LogP contribution in [-0.2, 0) is 18.3 Å². The van der Waals surface area contributed by atoms with E-state index in [2.05, 4.69) is 21.0 Å². The van der Waals surface area contributed by atoms with Crippen LogP contribution < -0.4 is 5.73 Å². The molecule has 1 aromatic heterocycles. The Morgan fingerprint density at radius 3 is 2.92 bits per heavy atom. The summed E-state index contributed by atoms with van der Waals surface area (Å²) in [5.41, 5.74) is 6.17. The average molecular weight is 248 g/mol. The van der Waals surface area contributed by atoms with E-state index in [-0.39, 0.29) is 6.42 Å². The van der Waals surface area contributed by atoms with Gasteiger partial charge in [-0.25, -0.2) is 0 Å². The van der Waals surface area contributed by atoms with Crippen LogP contribution in [0.1, 0.15) is 5.56 Å². The maximum absolute atomic E-state index is 10.5. The summed E-state index contributed by atoms with van der Waals surface area (Å²) in [6.45, 7) is 0. The minimum Gasteiger partial charge on any atom is -0.480 e. The fourth-order valence-electron chi connectivity index (χ4n) is 0.972. The van der Waals surface area contributed by atoms with E-state index < -0.39 is 12.0 Å². The monoisotopic (exact) mass is 247 g/mol. The largest absolute Gasteiger partial charge is 0.480 e. The minimum absolute atomic E-state index is 0.282. The lowest BCUT2D eigenvalue weighted by molar-refractivity contribution is -0.138. The molecule has 0 radical (unpaired) electrons. The molecule has 0 aliphatic rings. The lowest BCUT2D eigenvalue weighted by Crippen LogP contribution is -2.32. The molecule has 0 saturated carbocycles. The number of nitrogens with zero attached hydrogens (tertiary/aromatic N) is 2. The maximum atomic E-state index is 10.5. The first kappa shape index (κ1) is 10.2. The summed E-state index contributed by atoms with van der Waals surface area (Å²) in [5, 5.41) is 12.6. The van der Waals surface area contributed by atoms with Crippen molar-refractivity contribution in [3.63, 3.8) is 0 Å². The molecule has 0 aliphatic heterocycles. The van der Waals surface area contributed by atoms with Crippen molar-refractivity contribution >= 4 is 21.9 Å². The second-order valence-corrected chi connectivity index (χ2v) is 3.52. The SMILES string of the molecule is Cn1cc(C[C@@H](N)C(=O)O)c(Br)n1. The van der Waals surface area contributed by atoms with Gasteiger partial charge in [0.1, 0.15) is 10.6 Å². The molecule has 0 bridgehead atoms. The second kappa shape index (κ2) is 3.89. The molecule has 0 amide bonds. The fourth-order valence-corrected chi connectivity index (χ4v) is 1.49. The van der Waals surface area contributed by atoms with Crippen LogP contribution in [-0.4, -0.2) is 26.9 Å². The highest BCUT2D eigenvalue weighted by Crippen LogP contribution is 2.14. The summed E-state index contributed by atoms with van der Waals surface area (Å²) >= 11 is 3.21. The van der Waals surface area contributed by atoms with Crippen molar-refractivity contribution in [3.8, 4) is 0 Å². The Bertz CT molecular complexity index is 324. The lowest BCUT2D eigenvalue weighted by atomic mass is 10.1. The predicted molar refractivity (Wildman–Crippen MR) is 50.2 cm³/mol. The molecule has 1 atom stereocenters. The van der Waals surface area contributed by atoms with E-state index in [9.17, 15) is 4.79 Å². The van der Waals surface area contributed by atoms with Crippen LogP contribution in [0.4, 0.5) is 0 Å². The third kappa shape index (κ3) is 2.53. The molecule has 1 aromatic rings. The van der Waals surface area contributed by atoms with Crippen LogP contribution in [0.2, 0.25) is 0 Å². The van der Waals surface area contributed by atoms with Crippen LogP contribution in [0.15, 0.2) is 10.8 Å². The standard InChI is InChI=1S/C7H10BrN3O2/c1-11-3-4(6(8)10-11)2-5(9)7(12)13/h3,5H,2,9H2,1H3,(H,12,13)/t5-/m1/s1. The van der Waals surface area contributed by atoms with Crippen molar-refractivity contribution in [1.82, 2.24) is 9.78 Å². The third-order valence-corrected chi connectivity index (χ3v) is 2.28. The van der Waals surface area contributed by atoms with Crippen molar-refractivity contribution in [2.45, 2.75) is 12.5 Å². The Kier molecular flexibility index (Phi) is 3.05. The van der Waals surface area contributed by atoms with Crippen LogP contribution in [0.5, 0.6) is 0 Å². The maximum Gasteiger partial charge on any atom is 0.320 e. The smallest absolute Gasteiger partial charge is 0.320 e. The molecule has 72 valence electrons. The van der Waals surface area contributed by atoms with Gasteiger partial charge < -0.3 is 10.8 Å². The molecule has 0 saturated heterocycles. The minimum atomic E-state index is -1.00. The topological polar surface area (TPSA) is 81.1 Å². The second-order valence-electron chi connectivity index (χ2n) is 2.77.